The van der Waals surface area contributed by atoms with Gasteiger partial charge in [0.1, 0.15) is 12.3 Å². The van der Waals surface area contributed by atoms with Crippen molar-refractivity contribution >= 4 is 18.0 Å². The van der Waals surface area contributed by atoms with Crippen molar-refractivity contribution in [3.8, 4) is 0 Å². The van der Waals surface area contributed by atoms with Gasteiger partial charge in [0.25, 0.3) is 5.78 Å². The molecule has 0 aromatic heterocycles. The lowest BCUT2D eigenvalue weighted by Gasteiger charge is -1.93. The van der Waals surface area contributed by atoms with Gasteiger partial charge in [-0.2, -0.15) is 0 Å². The van der Waals surface area contributed by atoms with Crippen molar-refractivity contribution in [1.29, 1.82) is 0 Å². The second kappa shape index (κ2) is 2.93. The summed E-state index contributed by atoms with van der Waals surface area (Å²) in [4.78, 5) is 29.5. The van der Waals surface area contributed by atoms with Gasteiger partial charge in [-0.1, -0.05) is 0 Å². The summed E-state index contributed by atoms with van der Waals surface area (Å²) in [6.07, 6.45) is 0.0798. The summed E-state index contributed by atoms with van der Waals surface area (Å²) in [5.41, 5.74) is 4.72. The van der Waals surface area contributed by atoms with Crippen molar-refractivity contribution in [2.75, 3.05) is 0 Å². The highest BCUT2D eigenvalue weighted by Crippen LogP contribution is 1.75. The highest BCUT2D eigenvalue weighted by molar-refractivity contribution is 6.37. The Kier molecular flexibility index (Phi) is 2.53. The van der Waals surface area contributed by atoms with E-state index >= 15 is 0 Å². The third kappa shape index (κ3) is 2.00. The molecule has 5 heteroatoms. The minimum atomic E-state index is -1.69. The first-order chi connectivity index (χ1) is 4.09. The van der Waals surface area contributed by atoms with Gasteiger partial charge in [0.05, 0.1) is 0 Å². The molecule has 0 heterocycles. The molecule has 50 valence electrons. The van der Waals surface area contributed by atoms with Crippen molar-refractivity contribution in [1.82, 2.24) is 0 Å². The molecule has 0 aliphatic carbocycles. The summed E-state index contributed by atoms with van der Waals surface area (Å²) >= 11 is 0. The number of hydrogen-bond donors (Lipinski definition) is 2. The Labute approximate surface area is 50.5 Å². The molecule has 0 amide bonds. The number of ketones is 1. The van der Waals surface area contributed by atoms with E-state index in [1.165, 1.54) is 0 Å². The van der Waals surface area contributed by atoms with Gasteiger partial charge in [-0.25, -0.2) is 4.79 Å². The Bertz CT molecular complexity index is 153. The highest BCUT2D eigenvalue weighted by atomic mass is 16.4. The Balaban J connectivity index is 4.03. The molecular formula is C4H5NO4. The maximum atomic E-state index is 10.1. The first-order valence-electron chi connectivity index (χ1n) is 2.07. The number of aldehydes is 1. The molecule has 0 bridgehead atoms. The van der Waals surface area contributed by atoms with Crippen LogP contribution in [0, 0.1) is 0 Å². The number of hydrogen-bond acceptors (Lipinski definition) is 4. The predicted octanol–water partition coefficient (Wildman–Crippen LogP) is -1.83. The Morgan fingerprint density at radius 3 is 2.11 bits per heavy atom. The molecular weight excluding hydrogens is 126 g/mol. The normalized spacial score (nSPS) is 12.1. The zero-order valence-corrected chi connectivity index (χ0v) is 4.40. The number of carboxylic acids is 1. The van der Waals surface area contributed by atoms with Crippen LogP contribution in [0.5, 0.6) is 0 Å². The molecule has 0 rings (SSSR count). The maximum absolute atomic E-state index is 10.1. The molecule has 0 radical (unpaired) electrons. The molecule has 0 spiro atoms. The summed E-state index contributed by atoms with van der Waals surface area (Å²) in [5.74, 6) is -2.97. The number of carbonyl (C=O) groups excluding carboxylic acids is 2. The summed E-state index contributed by atoms with van der Waals surface area (Å²) in [5, 5.41) is 7.90. The van der Waals surface area contributed by atoms with Gasteiger partial charge in [-0.05, 0) is 0 Å². The molecule has 0 aromatic carbocycles. The zero-order chi connectivity index (χ0) is 7.44. The van der Waals surface area contributed by atoms with E-state index in [4.69, 9.17) is 10.8 Å². The van der Waals surface area contributed by atoms with Crippen molar-refractivity contribution in [2.45, 2.75) is 6.04 Å². The monoisotopic (exact) mass is 131 g/mol. The van der Waals surface area contributed by atoms with Crippen molar-refractivity contribution in [3.63, 3.8) is 0 Å². The number of Topliss-reactive ketones (excluding diaryl/α,β-unsaturated/α-hetero) is 1. The largest absolute Gasteiger partial charge is 0.475 e. The fourth-order valence-electron chi connectivity index (χ4n) is 0.204. The van der Waals surface area contributed by atoms with Crippen LogP contribution in [0.2, 0.25) is 0 Å². The Hall–Kier alpha value is -1.23. The van der Waals surface area contributed by atoms with Crippen LogP contribution in [0.3, 0.4) is 0 Å². The number of nitrogens with two attached hydrogens (primary N) is 1. The molecule has 0 saturated heterocycles. The van der Waals surface area contributed by atoms with Crippen LogP contribution in [-0.2, 0) is 14.4 Å². The van der Waals surface area contributed by atoms with E-state index in [-0.39, 0.29) is 6.29 Å². The molecule has 3 N–H and O–H groups in total. The second-order valence-electron chi connectivity index (χ2n) is 1.33. The van der Waals surface area contributed by atoms with Crippen LogP contribution < -0.4 is 5.73 Å². The molecule has 1 unspecified atom stereocenters. The molecule has 0 aliphatic rings. The Morgan fingerprint density at radius 2 is 2.00 bits per heavy atom. The van der Waals surface area contributed by atoms with Crippen molar-refractivity contribution in [2.24, 2.45) is 5.73 Å². The van der Waals surface area contributed by atoms with E-state index in [2.05, 4.69) is 0 Å². The van der Waals surface area contributed by atoms with Gasteiger partial charge < -0.3 is 15.6 Å². The van der Waals surface area contributed by atoms with Crippen LogP contribution in [0.1, 0.15) is 0 Å². The van der Waals surface area contributed by atoms with Gasteiger partial charge in [0.15, 0.2) is 0 Å². The Morgan fingerprint density at radius 1 is 1.56 bits per heavy atom. The summed E-state index contributed by atoms with van der Waals surface area (Å²) in [6, 6.07) is -1.53. The van der Waals surface area contributed by atoms with E-state index < -0.39 is 17.8 Å². The smallest absolute Gasteiger partial charge is 0.374 e. The predicted molar refractivity (Wildman–Crippen MR) is 26.7 cm³/mol. The van der Waals surface area contributed by atoms with Crippen molar-refractivity contribution in [3.05, 3.63) is 0 Å². The van der Waals surface area contributed by atoms with Crippen LogP contribution in [0.15, 0.2) is 0 Å². The van der Waals surface area contributed by atoms with Gasteiger partial charge in [-0.15, -0.1) is 0 Å². The topological polar surface area (TPSA) is 97.5 Å². The van der Waals surface area contributed by atoms with Crippen molar-refractivity contribution < 1.29 is 19.5 Å². The molecule has 0 aromatic rings. The molecule has 0 aliphatic heterocycles. The average Bonchev–Trinajstić information content (AvgIpc) is 1.84. The third-order valence-electron chi connectivity index (χ3n) is 0.660. The van der Waals surface area contributed by atoms with Gasteiger partial charge in [0.2, 0.25) is 0 Å². The van der Waals surface area contributed by atoms with Crippen LogP contribution in [-0.4, -0.2) is 29.2 Å². The summed E-state index contributed by atoms with van der Waals surface area (Å²) < 4.78 is 0. The molecule has 0 saturated carbocycles. The zero-order valence-electron chi connectivity index (χ0n) is 4.40. The van der Waals surface area contributed by atoms with E-state index in [0.29, 0.717) is 0 Å². The first kappa shape index (κ1) is 7.77. The van der Waals surface area contributed by atoms with Gasteiger partial charge in [0, 0.05) is 0 Å². The molecule has 1 atom stereocenters. The third-order valence-corrected chi connectivity index (χ3v) is 0.660. The maximum Gasteiger partial charge on any atom is 0.374 e. The second-order valence-corrected chi connectivity index (χ2v) is 1.33. The standard InChI is InChI=1S/C4H5NO4/c5-2(1-6)3(7)4(8)9/h1-2H,5H2,(H,8,9). The van der Waals surface area contributed by atoms with Gasteiger partial charge >= 0.3 is 5.97 Å². The average molecular weight is 131 g/mol. The lowest BCUT2D eigenvalue weighted by atomic mass is 10.2. The number of aliphatic carboxylic acids is 1. The highest BCUT2D eigenvalue weighted by Gasteiger charge is 2.19. The molecule has 9 heavy (non-hydrogen) atoms. The molecule has 5 nitrogen and oxygen atoms in total. The van der Waals surface area contributed by atoms with E-state index in [9.17, 15) is 14.4 Å². The minimum absolute atomic E-state index is 0.0798. The fraction of sp³-hybridized carbons (Fsp3) is 0.250. The fourth-order valence-corrected chi connectivity index (χ4v) is 0.204. The van der Waals surface area contributed by atoms with E-state index in [1.54, 1.807) is 0 Å². The molecule has 0 fully saturated rings. The SMILES string of the molecule is NC(C=O)C(=O)C(=O)O. The minimum Gasteiger partial charge on any atom is -0.475 e. The number of carboxylic acid groups (broad SMARTS) is 1. The van der Waals surface area contributed by atoms with Crippen LogP contribution in [0.25, 0.3) is 0 Å². The van der Waals surface area contributed by atoms with E-state index in [0.717, 1.165) is 0 Å². The number of carbonyl (C=O) groups is 3. The van der Waals surface area contributed by atoms with Gasteiger partial charge in [-0.3, -0.25) is 4.79 Å². The van der Waals surface area contributed by atoms with E-state index in [1.807, 2.05) is 0 Å². The summed E-state index contributed by atoms with van der Waals surface area (Å²) in [7, 11) is 0. The summed E-state index contributed by atoms with van der Waals surface area (Å²) in [6.45, 7) is 0. The quantitative estimate of drug-likeness (QED) is 0.266. The van der Waals surface area contributed by atoms with Crippen LogP contribution in [0.4, 0.5) is 0 Å². The lowest BCUT2D eigenvalue weighted by molar-refractivity contribution is -0.150. The lowest BCUT2D eigenvalue weighted by Crippen LogP contribution is -2.36. The first-order valence-corrected chi connectivity index (χ1v) is 2.07. The number of rotatable bonds is 3. The van der Waals surface area contributed by atoms with Crippen LogP contribution >= 0.6 is 0 Å².